The number of aryl methyl sites for hydroxylation is 2. The maximum absolute atomic E-state index is 6.18. The van der Waals surface area contributed by atoms with Gasteiger partial charge in [-0.2, -0.15) is 0 Å². The molecule has 150 valence electrons. The van der Waals surface area contributed by atoms with Gasteiger partial charge in [0, 0.05) is 45.2 Å². The highest BCUT2D eigenvalue weighted by Gasteiger charge is 2.22. The molecule has 1 aromatic carbocycles. The number of rotatable bonds is 5. The van der Waals surface area contributed by atoms with Crippen LogP contribution in [0.3, 0.4) is 0 Å². The van der Waals surface area contributed by atoms with Crippen molar-refractivity contribution < 1.29 is 0 Å². The molecule has 1 atom stereocenters. The van der Waals surface area contributed by atoms with Crippen molar-refractivity contribution in [2.75, 3.05) is 19.6 Å². The van der Waals surface area contributed by atoms with E-state index in [1.807, 2.05) is 6.92 Å². The first kappa shape index (κ1) is 18.9. The van der Waals surface area contributed by atoms with Crippen molar-refractivity contribution in [3.63, 3.8) is 0 Å². The van der Waals surface area contributed by atoms with Gasteiger partial charge in [-0.25, -0.2) is 0 Å². The minimum Gasteiger partial charge on any atom is -0.370 e. The summed E-state index contributed by atoms with van der Waals surface area (Å²) in [7, 11) is 0. The van der Waals surface area contributed by atoms with Crippen molar-refractivity contribution in [2.45, 2.75) is 51.7 Å². The zero-order chi connectivity index (χ0) is 19.3. The van der Waals surface area contributed by atoms with Crippen LogP contribution in [0, 0.1) is 12.8 Å². The Morgan fingerprint density at radius 2 is 1.96 bits per heavy atom. The molecule has 1 saturated heterocycles. The summed E-state index contributed by atoms with van der Waals surface area (Å²) in [6.45, 7) is 6.95. The van der Waals surface area contributed by atoms with Crippen molar-refractivity contribution >= 4 is 5.96 Å². The Hall–Kier alpha value is -2.41. The smallest absolute Gasteiger partial charge is 0.188 e. The lowest BCUT2D eigenvalue weighted by Gasteiger charge is -2.32. The minimum absolute atomic E-state index is 0.425. The third-order valence-corrected chi connectivity index (χ3v) is 5.94. The number of nitrogens with zero attached hydrogens (tertiary/aromatic N) is 5. The molecule has 1 unspecified atom stereocenters. The molecule has 4 rings (SSSR count). The monoisotopic (exact) mass is 381 g/mol. The summed E-state index contributed by atoms with van der Waals surface area (Å²) < 4.78 is 2.22. The Balaban J connectivity index is 1.20. The van der Waals surface area contributed by atoms with Crippen molar-refractivity contribution in [2.24, 2.45) is 16.6 Å². The molecular formula is C21H31N7. The molecule has 0 radical (unpaired) electrons. The van der Waals surface area contributed by atoms with E-state index in [-0.39, 0.29) is 0 Å². The minimum atomic E-state index is 0.425. The SMILES string of the molecule is Cc1nnc2n1CC(CN=C(N)NC1CCN(Cc3ccccc3)CC1)CC2. The van der Waals surface area contributed by atoms with Gasteiger partial charge >= 0.3 is 0 Å². The molecule has 0 spiro atoms. The fraction of sp³-hybridized carbons (Fsp3) is 0.571. The standard InChI is InChI=1S/C21H31N7/c1-16-25-26-20-8-7-18(15-28(16)20)13-23-21(22)24-19-9-11-27(12-10-19)14-17-5-3-2-4-6-17/h2-6,18-19H,7-15H2,1H3,(H3,22,23,24). The van der Waals surface area contributed by atoms with E-state index in [0.29, 0.717) is 17.9 Å². The Labute approximate surface area is 167 Å². The van der Waals surface area contributed by atoms with Crippen LogP contribution in [0.25, 0.3) is 0 Å². The number of aliphatic imine (C=N–C) groups is 1. The van der Waals surface area contributed by atoms with E-state index in [1.54, 1.807) is 0 Å². The fourth-order valence-electron chi connectivity index (χ4n) is 4.24. The molecule has 2 aliphatic rings. The van der Waals surface area contributed by atoms with Gasteiger partial charge in [0.1, 0.15) is 11.6 Å². The number of guanidine groups is 1. The summed E-state index contributed by atoms with van der Waals surface area (Å²) >= 11 is 0. The number of likely N-dealkylation sites (tertiary alicyclic amines) is 1. The highest BCUT2D eigenvalue weighted by molar-refractivity contribution is 5.78. The number of hydrogen-bond acceptors (Lipinski definition) is 4. The van der Waals surface area contributed by atoms with Gasteiger partial charge in [-0.15, -0.1) is 10.2 Å². The topological polar surface area (TPSA) is 84.4 Å². The third-order valence-electron chi connectivity index (χ3n) is 5.94. The highest BCUT2D eigenvalue weighted by atomic mass is 15.3. The van der Waals surface area contributed by atoms with Gasteiger partial charge in [0.05, 0.1) is 0 Å². The van der Waals surface area contributed by atoms with E-state index in [4.69, 9.17) is 5.73 Å². The lowest BCUT2D eigenvalue weighted by atomic mass is 9.99. The van der Waals surface area contributed by atoms with Crippen LogP contribution in [0.4, 0.5) is 0 Å². The van der Waals surface area contributed by atoms with Gasteiger partial charge in [0.15, 0.2) is 5.96 Å². The Kier molecular flexibility index (Phi) is 5.90. The predicted octanol–water partition coefficient (Wildman–Crippen LogP) is 1.72. The van der Waals surface area contributed by atoms with Gasteiger partial charge in [-0.3, -0.25) is 9.89 Å². The number of piperidine rings is 1. The summed E-state index contributed by atoms with van der Waals surface area (Å²) in [5.41, 5.74) is 7.56. The molecule has 0 saturated carbocycles. The molecule has 7 heteroatoms. The van der Waals surface area contributed by atoms with Crippen LogP contribution in [-0.2, 0) is 19.5 Å². The van der Waals surface area contributed by atoms with Gasteiger partial charge in [0.2, 0.25) is 0 Å². The van der Waals surface area contributed by atoms with Crippen LogP contribution in [-0.4, -0.2) is 51.3 Å². The maximum atomic E-state index is 6.18. The molecule has 2 aliphatic heterocycles. The molecule has 28 heavy (non-hydrogen) atoms. The van der Waals surface area contributed by atoms with Crippen LogP contribution in [0.5, 0.6) is 0 Å². The first-order valence-corrected chi connectivity index (χ1v) is 10.4. The summed E-state index contributed by atoms with van der Waals surface area (Å²) in [5, 5.41) is 11.8. The average molecular weight is 382 g/mol. The van der Waals surface area contributed by atoms with E-state index in [2.05, 4.69) is 60.3 Å². The van der Waals surface area contributed by atoms with Crippen LogP contribution in [0.15, 0.2) is 35.3 Å². The van der Waals surface area contributed by atoms with E-state index in [9.17, 15) is 0 Å². The number of fused-ring (bicyclic) bond motifs is 1. The first-order valence-electron chi connectivity index (χ1n) is 10.4. The Morgan fingerprint density at radius 3 is 2.75 bits per heavy atom. The summed E-state index contributed by atoms with van der Waals surface area (Å²) in [6.07, 6.45) is 4.30. The van der Waals surface area contributed by atoms with Gasteiger partial charge in [-0.1, -0.05) is 30.3 Å². The van der Waals surface area contributed by atoms with Crippen molar-refractivity contribution in [3.8, 4) is 0 Å². The third kappa shape index (κ3) is 4.70. The van der Waals surface area contributed by atoms with Gasteiger partial charge in [0.25, 0.3) is 0 Å². The molecule has 0 bridgehead atoms. The van der Waals surface area contributed by atoms with Crippen LogP contribution < -0.4 is 11.1 Å². The summed E-state index contributed by atoms with van der Waals surface area (Å²) in [5.74, 6) is 3.20. The number of nitrogens with one attached hydrogen (secondary N) is 1. The molecule has 1 fully saturated rings. The molecular weight excluding hydrogens is 350 g/mol. The maximum Gasteiger partial charge on any atom is 0.188 e. The van der Waals surface area contributed by atoms with Crippen LogP contribution in [0.1, 0.15) is 36.5 Å². The number of aromatic nitrogens is 3. The van der Waals surface area contributed by atoms with Crippen LogP contribution in [0.2, 0.25) is 0 Å². The summed E-state index contributed by atoms with van der Waals surface area (Å²) in [4.78, 5) is 7.15. The zero-order valence-corrected chi connectivity index (χ0v) is 16.7. The second-order valence-electron chi connectivity index (χ2n) is 8.09. The second-order valence-corrected chi connectivity index (χ2v) is 8.09. The van der Waals surface area contributed by atoms with Crippen LogP contribution >= 0.6 is 0 Å². The largest absolute Gasteiger partial charge is 0.370 e. The molecule has 0 aliphatic carbocycles. The Morgan fingerprint density at radius 1 is 1.18 bits per heavy atom. The van der Waals surface area contributed by atoms with E-state index >= 15 is 0 Å². The average Bonchev–Trinajstić information content (AvgIpc) is 3.09. The molecule has 2 aromatic rings. The van der Waals surface area contributed by atoms with Crippen molar-refractivity contribution in [3.05, 3.63) is 47.5 Å². The zero-order valence-electron chi connectivity index (χ0n) is 16.7. The first-order chi connectivity index (χ1) is 13.7. The van der Waals surface area contributed by atoms with Gasteiger partial charge < -0.3 is 15.6 Å². The lowest BCUT2D eigenvalue weighted by Crippen LogP contribution is -2.47. The van der Waals surface area contributed by atoms with Crippen molar-refractivity contribution in [1.82, 2.24) is 25.0 Å². The fourth-order valence-corrected chi connectivity index (χ4v) is 4.24. The quantitative estimate of drug-likeness (QED) is 0.609. The molecule has 3 heterocycles. The molecule has 1 aromatic heterocycles. The Bertz CT molecular complexity index is 790. The van der Waals surface area contributed by atoms with Gasteiger partial charge in [-0.05, 0) is 37.7 Å². The van der Waals surface area contributed by atoms with E-state index < -0.39 is 0 Å². The molecule has 7 nitrogen and oxygen atoms in total. The number of hydrogen-bond donors (Lipinski definition) is 2. The van der Waals surface area contributed by atoms with Crippen molar-refractivity contribution in [1.29, 1.82) is 0 Å². The lowest BCUT2D eigenvalue weighted by molar-refractivity contribution is 0.198. The predicted molar refractivity (Wildman–Crippen MR) is 111 cm³/mol. The molecule has 3 N–H and O–H groups in total. The normalized spacial score (nSPS) is 21.5. The second kappa shape index (κ2) is 8.73. The number of benzene rings is 1. The summed E-state index contributed by atoms with van der Waals surface area (Å²) in [6, 6.07) is 11.1. The van der Waals surface area contributed by atoms with E-state index in [0.717, 1.165) is 70.1 Å². The highest BCUT2D eigenvalue weighted by Crippen LogP contribution is 2.20. The number of nitrogens with two attached hydrogens (primary N) is 1. The molecule has 0 amide bonds. The van der Waals surface area contributed by atoms with E-state index in [1.165, 1.54) is 5.56 Å².